The van der Waals surface area contributed by atoms with Gasteiger partial charge in [-0.3, -0.25) is 4.98 Å². The highest BCUT2D eigenvalue weighted by Crippen LogP contribution is 2.24. The van der Waals surface area contributed by atoms with Crippen LogP contribution >= 0.6 is 0 Å². The average molecular weight is 332 g/mol. The summed E-state index contributed by atoms with van der Waals surface area (Å²) >= 11 is 0. The zero-order chi connectivity index (χ0) is 16.9. The molecule has 24 heavy (non-hydrogen) atoms. The summed E-state index contributed by atoms with van der Waals surface area (Å²) in [5, 5.41) is 2.84. The monoisotopic (exact) mass is 332 g/mol. The number of aromatic nitrogens is 1. The van der Waals surface area contributed by atoms with Crippen molar-refractivity contribution in [2.24, 2.45) is 0 Å². The Morgan fingerprint density at radius 2 is 1.67 bits per heavy atom. The first-order chi connectivity index (χ1) is 11.6. The summed E-state index contributed by atoms with van der Waals surface area (Å²) in [6, 6.07) is 7.31. The Bertz CT molecular complexity index is 683. The van der Waals surface area contributed by atoms with Crippen LogP contribution in [0.15, 0.2) is 42.7 Å². The van der Waals surface area contributed by atoms with Crippen LogP contribution in [-0.2, 0) is 6.54 Å². The predicted molar refractivity (Wildman–Crippen MR) is 86.6 cm³/mol. The Hall–Kier alpha value is -2.70. The van der Waals surface area contributed by atoms with Crippen molar-refractivity contribution in [1.82, 2.24) is 15.2 Å². The molecular formula is C17H18F2N4O. The van der Waals surface area contributed by atoms with Crippen LogP contribution in [0.2, 0.25) is 0 Å². The van der Waals surface area contributed by atoms with E-state index in [-0.39, 0.29) is 11.7 Å². The molecule has 0 aliphatic carbocycles. The number of nitrogens with one attached hydrogen (secondary N) is 1. The van der Waals surface area contributed by atoms with Gasteiger partial charge in [0.05, 0.1) is 0 Å². The molecule has 0 spiro atoms. The fourth-order valence-electron chi connectivity index (χ4n) is 2.71. The number of nitrogens with zero attached hydrogens (tertiary/aromatic N) is 3. The second-order valence-corrected chi connectivity index (χ2v) is 5.56. The number of hydrogen-bond acceptors (Lipinski definition) is 3. The lowest BCUT2D eigenvalue weighted by Gasteiger charge is -2.36. The summed E-state index contributed by atoms with van der Waals surface area (Å²) in [5.74, 6) is -1.16. The molecule has 0 radical (unpaired) electrons. The van der Waals surface area contributed by atoms with E-state index < -0.39 is 11.6 Å². The Labute approximate surface area is 138 Å². The predicted octanol–water partition coefficient (Wildman–Crippen LogP) is 2.39. The van der Waals surface area contributed by atoms with Crippen molar-refractivity contribution in [1.29, 1.82) is 0 Å². The molecule has 2 heterocycles. The molecule has 1 aliphatic rings. The summed E-state index contributed by atoms with van der Waals surface area (Å²) in [6.07, 6.45) is 3.34. The molecule has 0 bridgehead atoms. The highest BCUT2D eigenvalue weighted by atomic mass is 19.1. The summed E-state index contributed by atoms with van der Waals surface area (Å²) in [5.41, 5.74) is 0.944. The minimum atomic E-state index is -0.578. The maximum absolute atomic E-state index is 13.8. The van der Waals surface area contributed by atoms with E-state index in [9.17, 15) is 13.6 Å². The number of anilines is 1. The molecule has 1 N–H and O–H groups in total. The van der Waals surface area contributed by atoms with Gasteiger partial charge in [0, 0.05) is 45.1 Å². The van der Waals surface area contributed by atoms with E-state index >= 15 is 0 Å². The number of halogens is 2. The SMILES string of the molecule is O=C(NCc1ccncc1)N1CCN(c2c(F)cccc2F)CC1. The normalized spacial score (nSPS) is 14.6. The number of piperazine rings is 1. The van der Waals surface area contributed by atoms with Gasteiger partial charge >= 0.3 is 6.03 Å². The van der Waals surface area contributed by atoms with E-state index in [1.807, 2.05) is 12.1 Å². The minimum Gasteiger partial charge on any atom is -0.363 e. The number of rotatable bonds is 3. The van der Waals surface area contributed by atoms with Crippen LogP contribution in [0.25, 0.3) is 0 Å². The standard InChI is InChI=1S/C17H18F2N4O/c18-14-2-1-3-15(19)16(14)22-8-10-23(11-9-22)17(24)21-12-13-4-6-20-7-5-13/h1-7H,8-12H2,(H,21,24). The lowest BCUT2D eigenvalue weighted by molar-refractivity contribution is 0.193. The van der Waals surface area contributed by atoms with Gasteiger partial charge in [-0.2, -0.15) is 0 Å². The van der Waals surface area contributed by atoms with Gasteiger partial charge in [0.25, 0.3) is 0 Å². The smallest absolute Gasteiger partial charge is 0.317 e. The molecule has 2 amide bonds. The number of para-hydroxylation sites is 1. The van der Waals surface area contributed by atoms with Gasteiger partial charge in [-0.1, -0.05) is 6.07 Å². The van der Waals surface area contributed by atoms with Crippen molar-refractivity contribution in [3.8, 4) is 0 Å². The first-order valence-electron chi connectivity index (χ1n) is 7.76. The molecule has 1 aromatic heterocycles. The van der Waals surface area contributed by atoms with Gasteiger partial charge in [-0.15, -0.1) is 0 Å². The molecule has 0 saturated carbocycles. The molecule has 0 atom stereocenters. The Balaban J connectivity index is 1.54. The van der Waals surface area contributed by atoms with Crippen LogP contribution in [0.3, 0.4) is 0 Å². The minimum absolute atomic E-state index is 0.0191. The van der Waals surface area contributed by atoms with Gasteiger partial charge in [0.2, 0.25) is 0 Å². The first-order valence-corrected chi connectivity index (χ1v) is 7.76. The fraction of sp³-hybridized carbons (Fsp3) is 0.294. The molecule has 1 aromatic carbocycles. The molecular weight excluding hydrogens is 314 g/mol. The maximum Gasteiger partial charge on any atom is 0.317 e. The largest absolute Gasteiger partial charge is 0.363 e. The van der Waals surface area contributed by atoms with E-state index in [1.165, 1.54) is 18.2 Å². The van der Waals surface area contributed by atoms with E-state index in [2.05, 4.69) is 10.3 Å². The van der Waals surface area contributed by atoms with Crippen LogP contribution in [0.1, 0.15) is 5.56 Å². The van der Waals surface area contributed by atoms with Crippen LogP contribution in [0.5, 0.6) is 0 Å². The molecule has 0 unspecified atom stereocenters. The zero-order valence-corrected chi connectivity index (χ0v) is 13.1. The van der Waals surface area contributed by atoms with E-state index in [0.29, 0.717) is 32.7 Å². The Kier molecular flexibility index (Phi) is 4.88. The third kappa shape index (κ3) is 3.61. The van der Waals surface area contributed by atoms with Gasteiger partial charge in [-0.05, 0) is 29.8 Å². The van der Waals surface area contributed by atoms with Crippen molar-refractivity contribution < 1.29 is 13.6 Å². The summed E-state index contributed by atoms with van der Waals surface area (Å²) in [6.45, 7) is 2.02. The van der Waals surface area contributed by atoms with Crippen LogP contribution in [-0.4, -0.2) is 42.1 Å². The highest BCUT2D eigenvalue weighted by Gasteiger charge is 2.24. The second-order valence-electron chi connectivity index (χ2n) is 5.56. The summed E-state index contributed by atoms with van der Waals surface area (Å²) in [4.78, 5) is 19.4. The molecule has 1 aliphatic heterocycles. The number of pyridine rings is 1. The van der Waals surface area contributed by atoms with Crippen molar-refractivity contribution in [3.05, 3.63) is 59.9 Å². The number of carbonyl (C=O) groups excluding carboxylic acids is 1. The Morgan fingerprint density at radius 3 is 2.29 bits per heavy atom. The Morgan fingerprint density at radius 1 is 1.04 bits per heavy atom. The van der Waals surface area contributed by atoms with Crippen LogP contribution in [0.4, 0.5) is 19.3 Å². The van der Waals surface area contributed by atoms with E-state index in [4.69, 9.17) is 0 Å². The molecule has 7 heteroatoms. The average Bonchev–Trinajstić information content (AvgIpc) is 2.61. The fourth-order valence-corrected chi connectivity index (χ4v) is 2.71. The lowest BCUT2D eigenvalue weighted by Crippen LogP contribution is -2.52. The number of hydrogen-bond donors (Lipinski definition) is 1. The van der Waals surface area contributed by atoms with Crippen LogP contribution < -0.4 is 10.2 Å². The number of amides is 2. The maximum atomic E-state index is 13.8. The number of benzene rings is 1. The van der Waals surface area contributed by atoms with Crippen molar-refractivity contribution in [2.45, 2.75) is 6.54 Å². The third-order valence-electron chi connectivity index (χ3n) is 4.01. The van der Waals surface area contributed by atoms with Crippen LogP contribution in [0, 0.1) is 11.6 Å². The topological polar surface area (TPSA) is 48.5 Å². The molecule has 5 nitrogen and oxygen atoms in total. The molecule has 1 fully saturated rings. The molecule has 126 valence electrons. The number of carbonyl (C=O) groups is 1. The second kappa shape index (κ2) is 7.25. The zero-order valence-electron chi connectivity index (χ0n) is 13.1. The van der Waals surface area contributed by atoms with Gasteiger partial charge in [0.1, 0.15) is 17.3 Å². The van der Waals surface area contributed by atoms with Gasteiger partial charge < -0.3 is 15.1 Å². The molecule has 1 saturated heterocycles. The first kappa shape index (κ1) is 16.2. The van der Waals surface area contributed by atoms with E-state index in [0.717, 1.165) is 5.56 Å². The molecule has 2 aromatic rings. The molecule has 3 rings (SSSR count). The summed E-state index contributed by atoms with van der Waals surface area (Å²) in [7, 11) is 0. The van der Waals surface area contributed by atoms with Crippen molar-refractivity contribution >= 4 is 11.7 Å². The van der Waals surface area contributed by atoms with Crippen molar-refractivity contribution in [3.63, 3.8) is 0 Å². The quantitative estimate of drug-likeness (QED) is 0.939. The van der Waals surface area contributed by atoms with Gasteiger partial charge in [0.15, 0.2) is 0 Å². The van der Waals surface area contributed by atoms with Crippen molar-refractivity contribution in [2.75, 3.05) is 31.1 Å². The number of urea groups is 1. The highest BCUT2D eigenvalue weighted by molar-refractivity contribution is 5.74. The third-order valence-corrected chi connectivity index (χ3v) is 4.01. The lowest BCUT2D eigenvalue weighted by atomic mass is 10.2. The van der Waals surface area contributed by atoms with Gasteiger partial charge in [-0.25, -0.2) is 13.6 Å². The van der Waals surface area contributed by atoms with E-state index in [1.54, 1.807) is 22.2 Å². The summed E-state index contributed by atoms with van der Waals surface area (Å²) < 4.78 is 27.6.